The van der Waals surface area contributed by atoms with Crippen LogP contribution in [-0.2, 0) is 23.0 Å². The number of thioether (sulfide) groups is 1. The molecule has 1 fully saturated rings. The highest BCUT2D eigenvalue weighted by Crippen LogP contribution is 2.25. The monoisotopic (exact) mass is 326 g/mol. The average molecular weight is 326 g/mol. The number of nitrogens with zero attached hydrogens (tertiary/aromatic N) is 3. The fourth-order valence-corrected chi connectivity index (χ4v) is 3.48. The quantitative estimate of drug-likeness (QED) is 0.774. The highest BCUT2D eigenvalue weighted by atomic mass is 32.2. The van der Waals surface area contributed by atoms with Crippen LogP contribution in [0.25, 0.3) is 0 Å². The largest absolute Gasteiger partial charge is 0.381 e. The Labute approximate surface area is 136 Å². The van der Waals surface area contributed by atoms with Crippen LogP contribution in [0.1, 0.15) is 38.4 Å². The number of nitrogens with one attached hydrogen (secondary N) is 1. The lowest BCUT2D eigenvalue weighted by atomic mass is 9.87. The number of hydrogen-bond donors (Lipinski definition) is 1. The molecule has 0 aliphatic heterocycles. The molecule has 1 heterocycles. The number of hydrogen-bond acceptors (Lipinski definition) is 5. The van der Waals surface area contributed by atoms with Crippen LogP contribution >= 0.6 is 11.8 Å². The summed E-state index contributed by atoms with van der Waals surface area (Å²) >= 11 is 1.68. The first-order valence-corrected chi connectivity index (χ1v) is 8.95. The van der Waals surface area contributed by atoms with Gasteiger partial charge in [-0.1, -0.05) is 18.7 Å². The van der Waals surface area contributed by atoms with Crippen molar-refractivity contribution in [2.75, 3.05) is 19.4 Å². The lowest BCUT2D eigenvalue weighted by Crippen LogP contribution is -2.35. The molecule has 0 aromatic carbocycles. The van der Waals surface area contributed by atoms with Gasteiger partial charge in [0.05, 0.1) is 6.10 Å². The minimum Gasteiger partial charge on any atom is -0.381 e. The number of amides is 1. The van der Waals surface area contributed by atoms with Gasteiger partial charge in [-0.15, -0.1) is 10.2 Å². The van der Waals surface area contributed by atoms with Gasteiger partial charge in [-0.3, -0.25) is 4.79 Å². The Kier molecular flexibility index (Phi) is 6.70. The summed E-state index contributed by atoms with van der Waals surface area (Å²) in [5.41, 5.74) is 0. The molecule has 1 saturated carbocycles. The normalized spacial score (nSPS) is 21.8. The standard InChI is InChI=1S/C15H26N4O2S/c1-4-22-15-18-17-13(19(15)2)9-10-16-14(20)11-5-7-12(21-3)8-6-11/h11-12H,4-10H2,1-3H3,(H,16,20). The number of carbonyl (C=O) groups excluding carboxylic acids is 1. The Balaban J connectivity index is 1.73. The van der Waals surface area contributed by atoms with Gasteiger partial charge < -0.3 is 14.6 Å². The molecular formula is C15H26N4O2S. The second kappa shape index (κ2) is 8.53. The zero-order valence-electron chi connectivity index (χ0n) is 13.7. The molecule has 0 bridgehead atoms. The summed E-state index contributed by atoms with van der Waals surface area (Å²) in [7, 11) is 3.72. The summed E-state index contributed by atoms with van der Waals surface area (Å²) in [6.07, 6.45) is 4.85. The van der Waals surface area contributed by atoms with E-state index in [9.17, 15) is 4.79 Å². The second-order valence-corrected chi connectivity index (χ2v) is 6.87. The molecule has 1 aliphatic rings. The predicted molar refractivity (Wildman–Crippen MR) is 86.9 cm³/mol. The molecule has 124 valence electrons. The number of carbonyl (C=O) groups is 1. The van der Waals surface area contributed by atoms with Gasteiger partial charge in [0.2, 0.25) is 5.91 Å². The smallest absolute Gasteiger partial charge is 0.223 e. The van der Waals surface area contributed by atoms with Gasteiger partial charge in [-0.25, -0.2) is 0 Å². The van der Waals surface area contributed by atoms with Crippen LogP contribution < -0.4 is 5.32 Å². The van der Waals surface area contributed by atoms with E-state index in [-0.39, 0.29) is 11.8 Å². The average Bonchev–Trinajstić information content (AvgIpc) is 2.88. The number of ether oxygens (including phenoxy) is 1. The Morgan fingerprint density at radius 2 is 2.09 bits per heavy atom. The van der Waals surface area contributed by atoms with Crippen molar-refractivity contribution in [3.8, 4) is 0 Å². The fraction of sp³-hybridized carbons (Fsp3) is 0.800. The van der Waals surface area contributed by atoms with Crippen molar-refractivity contribution in [2.45, 2.75) is 50.3 Å². The van der Waals surface area contributed by atoms with Crippen LogP contribution in [0.4, 0.5) is 0 Å². The predicted octanol–water partition coefficient (Wildman–Crippen LogP) is 1.79. The lowest BCUT2D eigenvalue weighted by molar-refractivity contribution is -0.126. The Bertz CT molecular complexity index is 484. The Morgan fingerprint density at radius 3 is 2.73 bits per heavy atom. The maximum Gasteiger partial charge on any atom is 0.223 e. The first-order valence-electron chi connectivity index (χ1n) is 7.97. The highest BCUT2D eigenvalue weighted by Gasteiger charge is 2.25. The van der Waals surface area contributed by atoms with Gasteiger partial charge in [0.15, 0.2) is 5.16 Å². The SMILES string of the molecule is CCSc1nnc(CCNC(=O)C2CCC(OC)CC2)n1C. The van der Waals surface area contributed by atoms with E-state index >= 15 is 0 Å². The topological polar surface area (TPSA) is 69.0 Å². The lowest BCUT2D eigenvalue weighted by Gasteiger charge is -2.26. The molecule has 7 heteroatoms. The molecular weight excluding hydrogens is 300 g/mol. The zero-order chi connectivity index (χ0) is 15.9. The van der Waals surface area contributed by atoms with Gasteiger partial charge in [0.1, 0.15) is 5.82 Å². The van der Waals surface area contributed by atoms with Crippen LogP contribution in [-0.4, -0.2) is 46.2 Å². The molecule has 0 unspecified atom stereocenters. The molecule has 0 radical (unpaired) electrons. The van der Waals surface area contributed by atoms with Crippen LogP contribution in [0, 0.1) is 5.92 Å². The molecule has 1 amide bonds. The minimum absolute atomic E-state index is 0.136. The fourth-order valence-electron chi connectivity index (χ4n) is 2.82. The van der Waals surface area contributed by atoms with E-state index in [1.165, 1.54) is 0 Å². The maximum absolute atomic E-state index is 12.2. The van der Waals surface area contributed by atoms with Crippen LogP contribution in [0.15, 0.2) is 5.16 Å². The molecule has 0 spiro atoms. The van der Waals surface area contributed by atoms with Gasteiger partial charge in [-0.2, -0.15) is 0 Å². The Morgan fingerprint density at radius 1 is 1.36 bits per heavy atom. The summed E-state index contributed by atoms with van der Waals surface area (Å²) < 4.78 is 7.35. The first-order chi connectivity index (χ1) is 10.7. The summed E-state index contributed by atoms with van der Waals surface area (Å²) in [5.74, 6) is 2.20. The molecule has 0 atom stereocenters. The van der Waals surface area contributed by atoms with E-state index in [2.05, 4.69) is 22.4 Å². The summed E-state index contributed by atoms with van der Waals surface area (Å²) in [4.78, 5) is 12.2. The molecule has 22 heavy (non-hydrogen) atoms. The molecule has 0 saturated heterocycles. The number of methoxy groups -OCH3 is 1. The van der Waals surface area contributed by atoms with E-state index in [0.717, 1.165) is 42.4 Å². The van der Waals surface area contributed by atoms with E-state index in [1.54, 1.807) is 18.9 Å². The van der Waals surface area contributed by atoms with Crippen molar-refractivity contribution in [3.05, 3.63) is 5.82 Å². The van der Waals surface area contributed by atoms with Crippen molar-refractivity contribution in [1.82, 2.24) is 20.1 Å². The third-order valence-corrected chi connectivity index (χ3v) is 5.13. The third-order valence-electron chi connectivity index (χ3n) is 4.22. The van der Waals surface area contributed by atoms with Gasteiger partial charge >= 0.3 is 0 Å². The second-order valence-electron chi connectivity index (χ2n) is 5.64. The summed E-state index contributed by atoms with van der Waals surface area (Å²) in [5, 5.41) is 12.3. The maximum atomic E-state index is 12.2. The number of aromatic nitrogens is 3. The van der Waals surface area contributed by atoms with Crippen molar-refractivity contribution < 1.29 is 9.53 Å². The van der Waals surface area contributed by atoms with Crippen molar-refractivity contribution in [2.24, 2.45) is 13.0 Å². The molecule has 1 aromatic heterocycles. The van der Waals surface area contributed by atoms with E-state index in [4.69, 9.17) is 4.74 Å². The van der Waals surface area contributed by atoms with Crippen LogP contribution in [0.2, 0.25) is 0 Å². The molecule has 1 N–H and O–H groups in total. The first kappa shape index (κ1) is 17.3. The van der Waals surface area contributed by atoms with Gasteiger partial charge in [0.25, 0.3) is 0 Å². The van der Waals surface area contributed by atoms with E-state index in [1.807, 2.05) is 11.6 Å². The third kappa shape index (κ3) is 4.46. The summed E-state index contributed by atoms with van der Waals surface area (Å²) in [6, 6.07) is 0. The van der Waals surface area contributed by atoms with Crippen molar-refractivity contribution in [3.63, 3.8) is 0 Å². The van der Waals surface area contributed by atoms with Crippen molar-refractivity contribution in [1.29, 1.82) is 0 Å². The van der Waals surface area contributed by atoms with E-state index < -0.39 is 0 Å². The zero-order valence-corrected chi connectivity index (χ0v) is 14.5. The highest BCUT2D eigenvalue weighted by molar-refractivity contribution is 7.99. The van der Waals surface area contributed by atoms with Crippen LogP contribution in [0.5, 0.6) is 0 Å². The summed E-state index contributed by atoms with van der Waals surface area (Å²) in [6.45, 7) is 2.71. The number of rotatable bonds is 7. The Hall–Kier alpha value is -1.08. The minimum atomic E-state index is 0.136. The molecule has 2 rings (SSSR count). The molecule has 1 aliphatic carbocycles. The van der Waals surface area contributed by atoms with Crippen LogP contribution in [0.3, 0.4) is 0 Å². The van der Waals surface area contributed by atoms with Crippen molar-refractivity contribution >= 4 is 17.7 Å². The van der Waals surface area contributed by atoms with Gasteiger partial charge in [0, 0.05) is 33.0 Å². The van der Waals surface area contributed by atoms with Gasteiger partial charge in [-0.05, 0) is 31.4 Å². The molecule has 6 nitrogen and oxygen atoms in total. The van der Waals surface area contributed by atoms with E-state index in [0.29, 0.717) is 19.1 Å². The molecule has 1 aromatic rings.